The van der Waals surface area contributed by atoms with Gasteiger partial charge in [-0.1, -0.05) is 20.8 Å². The third-order valence-corrected chi connectivity index (χ3v) is 4.06. The third kappa shape index (κ3) is 4.55. The van der Waals surface area contributed by atoms with Crippen molar-refractivity contribution in [3.63, 3.8) is 0 Å². The Morgan fingerprint density at radius 3 is 2.20 bits per heavy atom. The Bertz CT molecular complexity index is 427. The third-order valence-electron chi connectivity index (χ3n) is 4.06. The zero-order chi connectivity index (χ0) is 14.7. The summed E-state index contributed by atoms with van der Waals surface area (Å²) in [6.45, 7) is 12.0. The summed E-state index contributed by atoms with van der Waals surface area (Å²) in [6.07, 6.45) is 4.87. The largest absolute Gasteiger partial charge is 0.314 e. The van der Waals surface area contributed by atoms with Crippen LogP contribution in [0.25, 0.3) is 0 Å². The van der Waals surface area contributed by atoms with Gasteiger partial charge in [0.15, 0.2) is 0 Å². The monoisotopic (exact) mass is 275 g/mol. The van der Waals surface area contributed by atoms with Crippen molar-refractivity contribution in [1.82, 2.24) is 15.3 Å². The van der Waals surface area contributed by atoms with Gasteiger partial charge < -0.3 is 5.32 Å². The SMILES string of the molecule is Cc1nc(CC2CC2)nc(C)c1CC(C)CNC(C)C. The highest BCUT2D eigenvalue weighted by Crippen LogP contribution is 2.32. The van der Waals surface area contributed by atoms with Gasteiger partial charge in [-0.25, -0.2) is 9.97 Å². The van der Waals surface area contributed by atoms with Crippen molar-refractivity contribution in [3.8, 4) is 0 Å². The molecule has 1 saturated carbocycles. The van der Waals surface area contributed by atoms with Crippen LogP contribution < -0.4 is 5.32 Å². The second-order valence-electron chi connectivity index (χ2n) is 6.81. The van der Waals surface area contributed by atoms with Gasteiger partial charge in [0.05, 0.1) is 0 Å². The smallest absolute Gasteiger partial charge is 0.129 e. The molecule has 1 aromatic heterocycles. The van der Waals surface area contributed by atoms with Crippen LogP contribution in [0, 0.1) is 25.7 Å². The molecule has 0 saturated heterocycles. The van der Waals surface area contributed by atoms with Crippen molar-refractivity contribution in [2.45, 2.75) is 66.3 Å². The summed E-state index contributed by atoms with van der Waals surface area (Å²) in [6, 6.07) is 0.553. The summed E-state index contributed by atoms with van der Waals surface area (Å²) < 4.78 is 0. The van der Waals surface area contributed by atoms with Crippen molar-refractivity contribution in [1.29, 1.82) is 0 Å². The predicted molar refractivity (Wildman–Crippen MR) is 83.9 cm³/mol. The van der Waals surface area contributed by atoms with E-state index >= 15 is 0 Å². The molecule has 0 aromatic carbocycles. The zero-order valence-electron chi connectivity index (χ0n) is 13.7. The summed E-state index contributed by atoms with van der Waals surface area (Å²) in [5.74, 6) is 2.53. The molecule has 1 atom stereocenters. The fourth-order valence-corrected chi connectivity index (χ4v) is 2.63. The molecule has 0 radical (unpaired) electrons. The predicted octanol–water partition coefficient (Wildman–Crippen LogP) is 3.22. The van der Waals surface area contributed by atoms with Gasteiger partial charge in [-0.2, -0.15) is 0 Å². The maximum Gasteiger partial charge on any atom is 0.129 e. The van der Waals surface area contributed by atoms with Gasteiger partial charge in [-0.3, -0.25) is 0 Å². The van der Waals surface area contributed by atoms with E-state index in [1.54, 1.807) is 0 Å². The molecule has 1 fully saturated rings. The number of aryl methyl sites for hydroxylation is 2. The Morgan fingerprint density at radius 2 is 1.70 bits per heavy atom. The van der Waals surface area contributed by atoms with E-state index in [1.807, 2.05) is 0 Å². The molecule has 1 aliphatic carbocycles. The van der Waals surface area contributed by atoms with Gasteiger partial charge in [0.2, 0.25) is 0 Å². The number of hydrogen-bond acceptors (Lipinski definition) is 3. The van der Waals surface area contributed by atoms with E-state index in [4.69, 9.17) is 9.97 Å². The molecule has 2 rings (SSSR count). The van der Waals surface area contributed by atoms with Crippen LogP contribution in [0.4, 0.5) is 0 Å². The lowest BCUT2D eigenvalue weighted by molar-refractivity contribution is 0.473. The maximum absolute atomic E-state index is 4.73. The molecule has 1 aliphatic rings. The molecule has 1 unspecified atom stereocenters. The minimum absolute atomic E-state index is 0.553. The van der Waals surface area contributed by atoms with E-state index < -0.39 is 0 Å². The molecule has 1 N–H and O–H groups in total. The molecular formula is C17H29N3. The van der Waals surface area contributed by atoms with Crippen LogP contribution in [-0.2, 0) is 12.8 Å². The Kier molecular flexibility index (Phi) is 5.14. The fourth-order valence-electron chi connectivity index (χ4n) is 2.63. The van der Waals surface area contributed by atoms with Gasteiger partial charge in [0.25, 0.3) is 0 Å². The van der Waals surface area contributed by atoms with Crippen LogP contribution in [0.3, 0.4) is 0 Å². The summed E-state index contributed by atoms with van der Waals surface area (Å²) in [4.78, 5) is 9.46. The second-order valence-corrected chi connectivity index (χ2v) is 6.81. The molecule has 20 heavy (non-hydrogen) atoms. The van der Waals surface area contributed by atoms with Gasteiger partial charge in [-0.05, 0) is 57.1 Å². The first-order valence-electron chi connectivity index (χ1n) is 8.02. The summed E-state index contributed by atoms with van der Waals surface area (Å²) in [5, 5.41) is 3.51. The number of rotatable bonds is 7. The molecule has 0 spiro atoms. The van der Waals surface area contributed by atoms with Crippen LogP contribution >= 0.6 is 0 Å². The quantitative estimate of drug-likeness (QED) is 0.830. The van der Waals surface area contributed by atoms with Gasteiger partial charge in [0.1, 0.15) is 5.82 Å². The highest BCUT2D eigenvalue weighted by molar-refractivity contribution is 5.25. The number of hydrogen-bond donors (Lipinski definition) is 1. The number of aromatic nitrogens is 2. The van der Waals surface area contributed by atoms with Crippen molar-refractivity contribution < 1.29 is 0 Å². The Balaban J connectivity index is 1.99. The number of nitrogens with zero attached hydrogens (tertiary/aromatic N) is 2. The van der Waals surface area contributed by atoms with Gasteiger partial charge >= 0.3 is 0 Å². The van der Waals surface area contributed by atoms with Crippen LogP contribution in [-0.4, -0.2) is 22.6 Å². The van der Waals surface area contributed by atoms with Crippen molar-refractivity contribution >= 4 is 0 Å². The normalized spacial score (nSPS) is 16.7. The molecule has 0 aliphatic heterocycles. The van der Waals surface area contributed by atoms with Gasteiger partial charge in [-0.15, -0.1) is 0 Å². The first kappa shape index (κ1) is 15.4. The molecule has 1 aromatic rings. The topological polar surface area (TPSA) is 37.8 Å². The van der Waals surface area contributed by atoms with Crippen molar-refractivity contribution in [2.75, 3.05) is 6.54 Å². The van der Waals surface area contributed by atoms with E-state index in [-0.39, 0.29) is 0 Å². The van der Waals surface area contributed by atoms with E-state index in [9.17, 15) is 0 Å². The lowest BCUT2D eigenvalue weighted by Gasteiger charge is -2.17. The summed E-state index contributed by atoms with van der Waals surface area (Å²) >= 11 is 0. The van der Waals surface area contributed by atoms with E-state index in [1.165, 1.54) is 29.8 Å². The molecule has 0 bridgehead atoms. The fraction of sp³-hybridized carbons (Fsp3) is 0.765. The summed E-state index contributed by atoms with van der Waals surface area (Å²) in [7, 11) is 0. The standard InChI is InChI=1S/C17H29N3/c1-11(2)18-10-12(3)8-16-13(4)19-17(20-14(16)5)9-15-6-7-15/h11-12,15,18H,6-10H2,1-5H3. The van der Waals surface area contributed by atoms with Crippen LogP contribution in [0.15, 0.2) is 0 Å². The van der Waals surface area contributed by atoms with Crippen molar-refractivity contribution in [3.05, 3.63) is 22.8 Å². The minimum atomic E-state index is 0.553. The van der Waals surface area contributed by atoms with E-state index in [0.29, 0.717) is 12.0 Å². The molecule has 0 amide bonds. The van der Waals surface area contributed by atoms with E-state index in [0.717, 1.165) is 31.1 Å². The average molecular weight is 275 g/mol. The Hall–Kier alpha value is -0.960. The lowest BCUT2D eigenvalue weighted by Crippen LogP contribution is -2.29. The average Bonchev–Trinajstić information content (AvgIpc) is 3.15. The van der Waals surface area contributed by atoms with Crippen LogP contribution in [0.1, 0.15) is 56.4 Å². The lowest BCUT2D eigenvalue weighted by atomic mass is 9.98. The Labute approximate surface area is 123 Å². The molecule has 112 valence electrons. The molecule has 1 heterocycles. The highest BCUT2D eigenvalue weighted by Gasteiger charge is 2.23. The first-order valence-corrected chi connectivity index (χ1v) is 8.02. The Morgan fingerprint density at radius 1 is 1.10 bits per heavy atom. The van der Waals surface area contributed by atoms with Crippen LogP contribution in [0.5, 0.6) is 0 Å². The van der Waals surface area contributed by atoms with Crippen LogP contribution in [0.2, 0.25) is 0 Å². The number of nitrogens with one attached hydrogen (secondary N) is 1. The maximum atomic E-state index is 4.73. The van der Waals surface area contributed by atoms with E-state index in [2.05, 4.69) is 39.9 Å². The zero-order valence-corrected chi connectivity index (χ0v) is 13.7. The van der Waals surface area contributed by atoms with Gasteiger partial charge in [0, 0.05) is 23.9 Å². The molecule has 3 heteroatoms. The minimum Gasteiger partial charge on any atom is -0.314 e. The highest BCUT2D eigenvalue weighted by atomic mass is 14.9. The molecule has 3 nitrogen and oxygen atoms in total. The second kappa shape index (κ2) is 6.66. The first-order chi connectivity index (χ1) is 9.45. The summed E-state index contributed by atoms with van der Waals surface area (Å²) in [5.41, 5.74) is 3.72. The molecular weight excluding hydrogens is 246 g/mol. The van der Waals surface area contributed by atoms with Crippen molar-refractivity contribution in [2.24, 2.45) is 11.8 Å².